The van der Waals surface area contributed by atoms with E-state index in [2.05, 4.69) is 15.9 Å². The molecule has 1 aromatic heterocycles. The van der Waals surface area contributed by atoms with Gasteiger partial charge in [0.2, 0.25) is 5.78 Å². The molecule has 1 aliphatic heterocycles. The number of methoxy groups -OCH3 is 1. The molecule has 0 aliphatic carbocycles. The zero-order valence-electron chi connectivity index (χ0n) is 17.9. The standard InChI is InChI=1S/C26H18BrNO6/c1-33-19-8-6-17(7-9-19)28-23(14-3-2-4-18(29)12-14)22(25(31)26(28)32)24(30)21-13-15-11-16(27)5-10-20(15)34-21/h2-13,23,29,31H,1H3. The third-order valence-electron chi connectivity index (χ3n) is 5.69. The molecule has 4 aromatic rings. The van der Waals surface area contributed by atoms with E-state index in [0.717, 1.165) is 4.47 Å². The zero-order valence-corrected chi connectivity index (χ0v) is 19.4. The monoisotopic (exact) mass is 519 g/mol. The van der Waals surface area contributed by atoms with Crippen LogP contribution in [0.15, 0.2) is 93.0 Å². The molecule has 0 saturated heterocycles. The Kier molecular flexibility index (Phi) is 5.37. The van der Waals surface area contributed by atoms with E-state index in [1.165, 1.54) is 24.1 Å². The number of phenols is 1. The number of hydrogen-bond donors (Lipinski definition) is 2. The van der Waals surface area contributed by atoms with Crippen LogP contribution in [0.3, 0.4) is 0 Å². The molecule has 3 aromatic carbocycles. The summed E-state index contributed by atoms with van der Waals surface area (Å²) in [6.07, 6.45) is 0. The number of nitrogens with zero attached hydrogens (tertiary/aromatic N) is 1. The third kappa shape index (κ3) is 3.62. The van der Waals surface area contributed by atoms with Crippen molar-refractivity contribution >= 4 is 44.3 Å². The van der Waals surface area contributed by atoms with E-state index in [4.69, 9.17) is 9.15 Å². The molecule has 1 aliphatic rings. The van der Waals surface area contributed by atoms with Crippen molar-refractivity contribution < 1.29 is 29.0 Å². The van der Waals surface area contributed by atoms with Crippen LogP contribution in [-0.2, 0) is 4.79 Å². The van der Waals surface area contributed by atoms with E-state index in [0.29, 0.717) is 28.0 Å². The molecular formula is C26H18BrNO6. The van der Waals surface area contributed by atoms with E-state index in [1.54, 1.807) is 60.7 Å². The van der Waals surface area contributed by atoms with Crippen molar-refractivity contribution in [3.8, 4) is 11.5 Å². The van der Waals surface area contributed by atoms with Gasteiger partial charge in [-0.15, -0.1) is 0 Å². The van der Waals surface area contributed by atoms with Crippen LogP contribution in [0.2, 0.25) is 0 Å². The van der Waals surface area contributed by atoms with Gasteiger partial charge in [0, 0.05) is 15.5 Å². The summed E-state index contributed by atoms with van der Waals surface area (Å²) in [5, 5.41) is 21.7. The van der Waals surface area contributed by atoms with Crippen LogP contribution in [0.1, 0.15) is 22.2 Å². The van der Waals surface area contributed by atoms with Gasteiger partial charge in [-0.3, -0.25) is 14.5 Å². The molecule has 1 amide bonds. The summed E-state index contributed by atoms with van der Waals surface area (Å²) in [5.41, 5.74) is 1.26. The second-order valence-corrected chi connectivity index (χ2v) is 8.67. The number of anilines is 1. The number of amides is 1. The Bertz CT molecular complexity index is 1470. The predicted octanol–water partition coefficient (Wildman–Crippen LogP) is 5.69. The van der Waals surface area contributed by atoms with Crippen molar-refractivity contribution in [3.63, 3.8) is 0 Å². The molecule has 34 heavy (non-hydrogen) atoms. The van der Waals surface area contributed by atoms with Gasteiger partial charge in [0.05, 0.1) is 18.7 Å². The van der Waals surface area contributed by atoms with Gasteiger partial charge >= 0.3 is 0 Å². The molecule has 1 unspecified atom stereocenters. The molecule has 0 bridgehead atoms. The zero-order chi connectivity index (χ0) is 24.0. The quantitative estimate of drug-likeness (QED) is 0.328. The summed E-state index contributed by atoms with van der Waals surface area (Å²) in [5.74, 6) is -1.49. The molecule has 1 atom stereocenters. The average Bonchev–Trinajstić information content (AvgIpc) is 3.37. The third-order valence-corrected chi connectivity index (χ3v) is 6.18. The predicted molar refractivity (Wildman–Crippen MR) is 129 cm³/mol. The number of Topliss-reactive ketones (excluding diaryl/α,β-unsaturated/α-hetero) is 1. The van der Waals surface area contributed by atoms with Gasteiger partial charge in [-0.2, -0.15) is 0 Å². The Labute approximate surface area is 202 Å². The SMILES string of the molecule is COc1ccc(N2C(=O)C(O)=C(C(=O)c3cc4cc(Br)ccc4o3)C2c2cccc(O)c2)cc1. The maximum absolute atomic E-state index is 13.6. The fourth-order valence-corrected chi connectivity index (χ4v) is 4.49. The Morgan fingerprint density at radius 3 is 2.50 bits per heavy atom. The Hall–Kier alpha value is -4.04. The smallest absolute Gasteiger partial charge is 0.294 e. The lowest BCUT2D eigenvalue weighted by molar-refractivity contribution is -0.117. The number of ether oxygens (including phenoxy) is 1. The number of aliphatic hydroxyl groups excluding tert-OH is 1. The molecule has 2 heterocycles. The number of phenolic OH excluding ortho intramolecular Hbond substituents is 1. The molecule has 5 rings (SSSR count). The highest BCUT2D eigenvalue weighted by Gasteiger charge is 2.45. The van der Waals surface area contributed by atoms with E-state index in [-0.39, 0.29) is 17.1 Å². The van der Waals surface area contributed by atoms with E-state index in [1.807, 2.05) is 0 Å². The van der Waals surface area contributed by atoms with Crippen molar-refractivity contribution in [2.24, 2.45) is 0 Å². The fraction of sp³-hybridized carbons (Fsp3) is 0.0769. The van der Waals surface area contributed by atoms with Crippen molar-refractivity contribution in [3.05, 3.63) is 99.9 Å². The molecule has 0 fully saturated rings. The highest BCUT2D eigenvalue weighted by atomic mass is 79.9. The first-order valence-electron chi connectivity index (χ1n) is 10.3. The van der Waals surface area contributed by atoms with Crippen LogP contribution in [0.4, 0.5) is 5.69 Å². The Balaban J connectivity index is 1.65. The minimum Gasteiger partial charge on any atom is -0.508 e. The number of ketones is 1. The van der Waals surface area contributed by atoms with Crippen molar-refractivity contribution in [1.29, 1.82) is 0 Å². The fourth-order valence-electron chi connectivity index (χ4n) is 4.12. The van der Waals surface area contributed by atoms with E-state index < -0.39 is 23.5 Å². The number of aliphatic hydroxyl groups is 1. The molecule has 0 spiro atoms. The number of hydrogen-bond acceptors (Lipinski definition) is 6. The van der Waals surface area contributed by atoms with Crippen LogP contribution < -0.4 is 9.64 Å². The summed E-state index contributed by atoms with van der Waals surface area (Å²) >= 11 is 3.39. The van der Waals surface area contributed by atoms with Crippen LogP contribution in [0.25, 0.3) is 11.0 Å². The minimum atomic E-state index is -0.986. The highest BCUT2D eigenvalue weighted by molar-refractivity contribution is 9.10. The second-order valence-electron chi connectivity index (χ2n) is 7.75. The number of benzene rings is 3. The van der Waals surface area contributed by atoms with Gasteiger partial charge in [0.25, 0.3) is 5.91 Å². The number of carbonyl (C=O) groups excluding carboxylic acids is 2. The van der Waals surface area contributed by atoms with Gasteiger partial charge in [0.15, 0.2) is 11.5 Å². The maximum Gasteiger partial charge on any atom is 0.294 e. The first-order chi connectivity index (χ1) is 16.4. The second kappa shape index (κ2) is 8.39. The lowest BCUT2D eigenvalue weighted by atomic mass is 9.94. The number of rotatable bonds is 5. The first-order valence-corrected chi connectivity index (χ1v) is 11.1. The molecule has 170 valence electrons. The number of furan rings is 1. The maximum atomic E-state index is 13.6. The number of carbonyl (C=O) groups is 2. The lowest BCUT2D eigenvalue weighted by Gasteiger charge is -2.27. The Morgan fingerprint density at radius 1 is 1.03 bits per heavy atom. The number of halogens is 1. The molecule has 2 N–H and O–H groups in total. The van der Waals surface area contributed by atoms with Gasteiger partial charge < -0.3 is 19.4 Å². The number of fused-ring (bicyclic) bond motifs is 1. The summed E-state index contributed by atoms with van der Waals surface area (Å²) < 4.78 is 11.8. The van der Waals surface area contributed by atoms with E-state index in [9.17, 15) is 19.8 Å². The number of aromatic hydroxyl groups is 1. The summed E-state index contributed by atoms with van der Waals surface area (Å²) in [7, 11) is 1.53. The molecular weight excluding hydrogens is 502 g/mol. The summed E-state index contributed by atoms with van der Waals surface area (Å²) in [6.45, 7) is 0. The summed E-state index contributed by atoms with van der Waals surface area (Å²) in [4.78, 5) is 28.2. The van der Waals surface area contributed by atoms with E-state index >= 15 is 0 Å². The molecule has 0 saturated carbocycles. The van der Waals surface area contributed by atoms with Gasteiger partial charge in [-0.05, 0) is 66.2 Å². The minimum absolute atomic E-state index is 0.0100. The van der Waals surface area contributed by atoms with Crippen LogP contribution in [0.5, 0.6) is 11.5 Å². The topological polar surface area (TPSA) is 100 Å². The summed E-state index contributed by atoms with van der Waals surface area (Å²) in [6, 6.07) is 18.8. The average molecular weight is 520 g/mol. The Morgan fingerprint density at radius 2 is 1.79 bits per heavy atom. The first kappa shape index (κ1) is 21.8. The lowest BCUT2D eigenvalue weighted by Crippen LogP contribution is -2.31. The van der Waals surface area contributed by atoms with Crippen LogP contribution in [0, 0.1) is 0 Å². The van der Waals surface area contributed by atoms with Crippen molar-refractivity contribution in [1.82, 2.24) is 0 Å². The molecule has 0 radical (unpaired) electrons. The largest absolute Gasteiger partial charge is 0.508 e. The molecule has 8 heteroatoms. The van der Waals surface area contributed by atoms with Gasteiger partial charge in [-0.1, -0.05) is 28.1 Å². The van der Waals surface area contributed by atoms with Crippen molar-refractivity contribution in [2.45, 2.75) is 6.04 Å². The normalized spacial score (nSPS) is 15.9. The van der Waals surface area contributed by atoms with Gasteiger partial charge in [0.1, 0.15) is 17.1 Å². The van der Waals surface area contributed by atoms with Gasteiger partial charge in [-0.25, -0.2) is 0 Å². The van der Waals surface area contributed by atoms with Crippen molar-refractivity contribution in [2.75, 3.05) is 12.0 Å². The van der Waals surface area contributed by atoms with Crippen LogP contribution >= 0.6 is 15.9 Å². The van der Waals surface area contributed by atoms with Crippen LogP contribution in [-0.4, -0.2) is 29.0 Å². The molecule has 7 nitrogen and oxygen atoms in total. The highest BCUT2D eigenvalue weighted by Crippen LogP contribution is 2.43.